The van der Waals surface area contributed by atoms with E-state index in [1.807, 2.05) is 37.3 Å². The molecule has 1 saturated heterocycles. The molecule has 0 atom stereocenters. The van der Waals surface area contributed by atoms with Gasteiger partial charge in [-0.15, -0.1) is 0 Å². The van der Waals surface area contributed by atoms with Crippen molar-refractivity contribution in [2.45, 2.75) is 13.5 Å². The van der Waals surface area contributed by atoms with Crippen LogP contribution in [-0.4, -0.2) is 41.1 Å². The zero-order chi connectivity index (χ0) is 16.2. The lowest BCUT2D eigenvalue weighted by atomic mass is 10.2. The van der Waals surface area contributed by atoms with Gasteiger partial charge in [-0.1, -0.05) is 17.7 Å². The van der Waals surface area contributed by atoms with Crippen molar-refractivity contribution in [3.05, 3.63) is 52.9 Å². The summed E-state index contributed by atoms with van der Waals surface area (Å²) >= 11 is 11.7. The van der Waals surface area contributed by atoms with E-state index in [9.17, 15) is 0 Å². The standard InChI is InChI=1S/C17H20ClN3OS/c1-13-15(18)5-2-6-16(13)19-17(23)21-9-7-20(8-10-21)12-14-4-3-11-22-14/h2-6,11H,7-10,12H2,1H3,(H,19,23). The van der Waals surface area contributed by atoms with Crippen LogP contribution in [-0.2, 0) is 6.54 Å². The summed E-state index contributed by atoms with van der Waals surface area (Å²) in [6.45, 7) is 6.61. The number of hydrogen-bond acceptors (Lipinski definition) is 3. The van der Waals surface area contributed by atoms with Crippen molar-refractivity contribution in [1.29, 1.82) is 0 Å². The van der Waals surface area contributed by atoms with E-state index >= 15 is 0 Å². The highest BCUT2D eigenvalue weighted by Crippen LogP contribution is 2.23. The van der Waals surface area contributed by atoms with E-state index in [0.717, 1.165) is 59.9 Å². The Morgan fingerprint density at radius 1 is 1.22 bits per heavy atom. The maximum atomic E-state index is 6.16. The van der Waals surface area contributed by atoms with Crippen molar-refractivity contribution in [1.82, 2.24) is 9.80 Å². The van der Waals surface area contributed by atoms with Gasteiger partial charge in [-0.2, -0.15) is 0 Å². The maximum Gasteiger partial charge on any atom is 0.173 e. The fraction of sp³-hybridized carbons (Fsp3) is 0.353. The van der Waals surface area contributed by atoms with Crippen LogP contribution in [0.1, 0.15) is 11.3 Å². The molecule has 122 valence electrons. The molecule has 1 aliphatic heterocycles. The first-order valence-corrected chi connectivity index (χ1v) is 8.48. The van der Waals surface area contributed by atoms with Gasteiger partial charge in [-0.3, -0.25) is 4.90 Å². The molecule has 3 rings (SSSR count). The Bertz CT molecular complexity index is 666. The number of nitrogens with zero attached hydrogens (tertiary/aromatic N) is 2. The first-order chi connectivity index (χ1) is 11.1. The van der Waals surface area contributed by atoms with Gasteiger partial charge in [0, 0.05) is 36.9 Å². The average Bonchev–Trinajstić information content (AvgIpc) is 3.05. The molecule has 0 saturated carbocycles. The monoisotopic (exact) mass is 349 g/mol. The minimum Gasteiger partial charge on any atom is -0.468 e. The summed E-state index contributed by atoms with van der Waals surface area (Å²) < 4.78 is 5.41. The van der Waals surface area contributed by atoms with Crippen LogP contribution in [0.25, 0.3) is 0 Å². The van der Waals surface area contributed by atoms with Crippen molar-refractivity contribution < 1.29 is 4.42 Å². The molecule has 23 heavy (non-hydrogen) atoms. The van der Waals surface area contributed by atoms with Crippen LogP contribution < -0.4 is 5.32 Å². The third-order valence-electron chi connectivity index (χ3n) is 4.13. The fourth-order valence-corrected chi connectivity index (χ4v) is 3.14. The van der Waals surface area contributed by atoms with Gasteiger partial charge in [0.05, 0.1) is 12.8 Å². The van der Waals surface area contributed by atoms with Gasteiger partial charge >= 0.3 is 0 Å². The van der Waals surface area contributed by atoms with E-state index < -0.39 is 0 Å². The number of hydrogen-bond donors (Lipinski definition) is 1. The molecule has 0 unspecified atom stereocenters. The van der Waals surface area contributed by atoms with E-state index in [4.69, 9.17) is 28.2 Å². The van der Waals surface area contributed by atoms with Crippen LogP contribution in [0.3, 0.4) is 0 Å². The van der Waals surface area contributed by atoms with Crippen LogP contribution >= 0.6 is 23.8 Å². The molecule has 1 N–H and O–H groups in total. The summed E-state index contributed by atoms with van der Waals surface area (Å²) in [5.74, 6) is 1.01. The normalized spacial score (nSPS) is 15.7. The van der Waals surface area contributed by atoms with Crippen molar-refractivity contribution in [2.75, 3.05) is 31.5 Å². The molecule has 2 heterocycles. The average molecular weight is 350 g/mol. The van der Waals surface area contributed by atoms with Gasteiger partial charge in [0.15, 0.2) is 5.11 Å². The summed E-state index contributed by atoms with van der Waals surface area (Å²) in [6, 6.07) is 9.76. The molecule has 0 aliphatic carbocycles. The predicted molar refractivity (Wildman–Crippen MR) is 98.0 cm³/mol. The van der Waals surface area contributed by atoms with E-state index in [1.54, 1.807) is 6.26 Å². The second-order valence-corrected chi connectivity index (χ2v) is 6.48. The Hall–Kier alpha value is -1.56. The molecular weight excluding hydrogens is 330 g/mol. The molecule has 1 fully saturated rings. The Balaban J connectivity index is 1.53. The van der Waals surface area contributed by atoms with Gasteiger partial charge in [0.1, 0.15) is 5.76 Å². The van der Waals surface area contributed by atoms with Gasteiger partial charge in [0.2, 0.25) is 0 Å². The Kier molecular flexibility index (Phi) is 5.20. The molecule has 4 nitrogen and oxygen atoms in total. The summed E-state index contributed by atoms with van der Waals surface area (Å²) in [5.41, 5.74) is 1.99. The molecule has 6 heteroatoms. The number of furan rings is 1. The number of piperazine rings is 1. The maximum absolute atomic E-state index is 6.16. The lowest BCUT2D eigenvalue weighted by Crippen LogP contribution is -2.49. The van der Waals surface area contributed by atoms with Gasteiger partial charge in [-0.25, -0.2) is 0 Å². The Labute approximate surface area is 147 Å². The Morgan fingerprint density at radius 3 is 2.70 bits per heavy atom. The molecule has 0 radical (unpaired) electrons. The lowest BCUT2D eigenvalue weighted by molar-refractivity contribution is 0.166. The van der Waals surface area contributed by atoms with E-state index in [0.29, 0.717) is 0 Å². The molecule has 1 aromatic heterocycles. The highest BCUT2D eigenvalue weighted by atomic mass is 35.5. The number of benzene rings is 1. The van der Waals surface area contributed by atoms with Crippen LogP contribution in [0.2, 0.25) is 5.02 Å². The molecule has 0 bridgehead atoms. The molecule has 2 aromatic rings. The van der Waals surface area contributed by atoms with Gasteiger partial charge < -0.3 is 14.6 Å². The minimum atomic E-state index is 0.751. The summed E-state index contributed by atoms with van der Waals surface area (Å²) in [4.78, 5) is 4.58. The van der Waals surface area contributed by atoms with E-state index in [2.05, 4.69) is 15.1 Å². The number of anilines is 1. The zero-order valence-corrected chi connectivity index (χ0v) is 14.7. The summed E-state index contributed by atoms with van der Waals surface area (Å²) in [6.07, 6.45) is 1.72. The lowest BCUT2D eigenvalue weighted by Gasteiger charge is -2.36. The smallest absolute Gasteiger partial charge is 0.173 e. The van der Waals surface area contributed by atoms with Gasteiger partial charge in [-0.05, 0) is 49.0 Å². The molecular formula is C17H20ClN3OS. The highest BCUT2D eigenvalue weighted by Gasteiger charge is 2.20. The van der Waals surface area contributed by atoms with Crippen molar-refractivity contribution >= 4 is 34.6 Å². The first kappa shape index (κ1) is 16.3. The van der Waals surface area contributed by atoms with Crippen molar-refractivity contribution in [3.8, 4) is 0 Å². The Morgan fingerprint density at radius 2 is 2.00 bits per heavy atom. The quantitative estimate of drug-likeness (QED) is 0.853. The van der Waals surface area contributed by atoms with Crippen LogP contribution in [0.15, 0.2) is 41.0 Å². The van der Waals surface area contributed by atoms with Crippen molar-refractivity contribution in [2.24, 2.45) is 0 Å². The van der Waals surface area contributed by atoms with Gasteiger partial charge in [0.25, 0.3) is 0 Å². The second kappa shape index (κ2) is 7.34. The van der Waals surface area contributed by atoms with Crippen LogP contribution in [0, 0.1) is 6.92 Å². The first-order valence-electron chi connectivity index (χ1n) is 7.69. The zero-order valence-electron chi connectivity index (χ0n) is 13.1. The third-order valence-corrected chi connectivity index (χ3v) is 4.90. The minimum absolute atomic E-state index is 0.751. The number of halogens is 1. The molecule has 0 amide bonds. The number of nitrogens with one attached hydrogen (secondary N) is 1. The molecule has 1 aliphatic rings. The second-order valence-electron chi connectivity index (χ2n) is 5.69. The SMILES string of the molecule is Cc1c(Cl)cccc1NC(=S)N1CCN(Cc2ccco2)CC1. The van der Waals surface area contributed by atoms with Crippen molar-refractivity contribution in [3.63, 3.8) is 0 Å². The fourth-order valence-electron chi connectivity index (χ4n) is 2.67. The summed E-state index contributed by atoms with van der Waals surface area (Å²) in [7, 11) is 0. The summed E-state index contributed by atoms with van der Waals surface area (Å²) in [5, 5.41) is 4.83. The van der Waals surface area contributed by atoms with Crippen LogP contribution in [0.5, 0.6) is 0 Å². The number of thiocarbonyl (C=S) groups is 1. The van der Waals surface area contributed by atoms with E-state index in [1.165, 1.54) is 0 Å². The van der Waals surface area contributed by atoms with Crippen LogP contribution in [0.4, 0.5) is 5.69 Å². The third kappa shape index (κ3) is 4.05. The topological polar surface area (TPSA) is 31.6 Å². The molecule has 0 spiro atoms. The number of rotatable bonds is 3. The largest absolute Gasteiger partial charge is 0.468 e. The predicted octanol–water partition coefficient (Wildman–Crippen LogP) is 3.76. The highest BCUT2D eigenvalue weighted by molar-refractivity contribution is 7.80. The van der Waals surface area contributed by atoms with E-state index in [-0.39, 0.29) is 0 Å². The molecule has 1 aromatic carbocycles.